The number of hydrogen-bond donors (Lipinski definition) is 1. The fourth-order valence-corrected chi connectivity index (χ4v) is 0.951. The normalized spacial score (nSPS) is 13.1. The predicted molar refractivity (Wildman–Crippen MR) is 40.8 cm³/mol. The van der Waals surface area contributed by atoms with Crippen LogP contribution in [0, 0.1) is 5.92 Å². The number of carbonyl (C=O) groups is 1. The van der Waals surface area contributed by atoms with Crippen LogP contribution >= 0.6 is 0 Å². The number of Topliss-reactive ketones (excluding diaryl/α,β-unsaturated/α-hetero) is 1. The monoisotopic (exact) mass is 144 g/mol. The molecule has 2 nitrogen and oxygen atoms in total. The van der Waals surface area contributed by atoms with Crippen LogP contribution in [-0.2, 0) is 4.79 Å². The lowest BCUT2D eigenvalue weighted by molar-refractivity contribution is -0.123. The second kappa shape index (κ2) is 5.42. The number of ketones is 1. The fraction of sp³-hybridized carbons (Fsp3) is 0.875. The lowest BCUT2D eigenvalue weighted by Crippen LogP contribution is -2.11. The van der Waals surface area contributed by atoms with E-state index in [9.17, 15) is 4.79 Å². The summed E-state index contributed by atoms with van der Waals surface area (Å²) in [6.07, 6.45) is 2.30. The van der Waals surface area contributed by atoms with Crippen molar-refractivity contribution in [2.75, 3.05) is 6.61 Å². The Kier molecular flexibility index (Phi) is 5.22. The molecule has 0 bridgehead atoms. The van der Waals surface area contributed by atoms with Crippen LogP contribution in [0.2, 0.25) is 0 Å². The molecule has 0 aliphatic carbocycles. The third-order valence-corrected chi connectivity index (χ3v) is 1.63. The topological polar surface area (TPSA) is 37.3 Å². The minimum Gasteiger partial charge on any atom is -0.396 e. The average Bonchev–Trinajstić information content (AvgIpc) is 1.89. The van der Waals surface area contributed by atoms with Crippen LogP contribution in [0.15, 0.2) is 0 Å². The largest absolute Gasteiger partial charge is 0.396 e. The van der Waals surface area contributed by atoms with Gasteiger partial charge in [0, 0.05) is 18.9 Å². The first kappa shape index (κ1) is 9.63. The predicted octanol–water partition coefficient (Wildman–Crippen LogP) is 1.37. The Balaban J connectivity index is 3.49. The summed E-state index contributed by atoms with van der Waals surface area (Å²) in [5.74, 6) is 0.321. The first-order valence-corrected chi connectivity index (χ1v) is 3.86. The maximum Gasteiger partial charge on any atom is 0.137 e. The molecule has 0 rings (SSSR count). The third-order valence-electron chi connectivity index (χ3n) is 1.63. The molecule has 0 aromatic heterocycles. The van der Waals surface area contributed by atoms with Crippen molar-refractivity contribution in [3.05, 3.63) is 0 Å². The molecule has 60 valence electrons. The van der Waals surface area contributed by atoms with Crippen LogP contribution < -0.4 is 0 Å². The van der Waals surface area contributed by atoms with E-state index in [-0.39, 0.29) is 18.3 Å². The summed E-state index contributed by atoms with van der Waals surface area (Å²) in [5, 5.41) is 8.43. The summed E-state index contributed by atoms with van der Waals surface area (Å²) in [5.41, 5.74) is 0. The van der Waals surface area contributed by atoms with Gasteiger partial charge in [0.25, 0.3) is 0 Å². The Morgan fingerprint density at radius 3 is 2.60 bits per heavy atom. The first-order valence-electron chi connectivity index (χ1n) is 3.86. The number of hydrogen-bond acceptors (Lipinski definition) is 2. The highest BCUT2D eigenvalue weighted by molar-refractivity contribution is 5.80. The standard InChI is InChI=1S/C8H16O2/c1-3-4-7(2)8(10)5-6-9/h7,9H,3-6H2,1-2H3. The van der Waals surface area contributed by atoms with Gasteiger partial charge in [0.1, 0.15) is 5.78 Å². The van der Waals surface area contributed by atoms with Crippen molar-refractivity contribution in [3.63, 3.8) is 0 Å². The van der Waals surface area contributed by atoms with Gasteiger partial charge in [-0.15, -0.1) is 0 Å². The first-order chi connectivity index (χ1) is 4.72. The molecular weight excluding hydrogens is 128 g/mol. The van der Waals surface area contributed by atoms with Gasteiger partial charge >= 0.3 is 0 Å². The molecule has 0 heterocycles. The number of aliphatic hydroxyl groups is 1. The number of carbonyl (C=O) groups excluding carboxylic acids is 1. The Bertz CT molecular complexity index is 99.4. The molecule has 1 unspecified atom stereocenters. The van der Waals surface area contributed by atoms with E-state index in [1.807, 2.05) is 6.92 Å². The van der Waals surface area contributed by atoms with E-state index in [0.29, 0.717) is 6.42 Å². The molecule has 0 saturated carbocycles. The Morgan fingerprint density at radius 2 is 2.20 bits per heavy atom. The smallest absolute Gasteiger partial charge is 0.137 e. The lowest BCUT2D eigenvalue weighted by Gasteiger charge is -2.06. The van der Waals surface area contributed by atoms with E-state index in [4.69, 9.17) is 5.11 Å². The van der Waals surface area contributed by atoms with Gasteiger partial charge in [0.15, 0.2) is 0 Å². The van der Waals surface area contributed by atoms with E-state index >= 15 is 0 Å². The molecule has 0 spiro atoms. The second-order valence-electron chi connectivity index (χ2n) is 2.63. The summed E-state index contributed by atoms with van der Waals surface area (Å²) in [4.78, 5) is 11.0. The quantitative estimate of drug-likeness (QED) is 0.632. The summed E-state index contributed by atoms with van der Waals surface area (Å²) >= 11 is 0. The molecule has 0 aromatic rings. The van der Waals surface area contributed by atoms with E-state index in [0.717, 1.165) is 12.8 Å². The molecule has 10 heavy (non-hydrogen) atoms. The van der Waals surface area contributed by atoms with Gasteiger partial charge in [0.2, 0.25) is 0 Å². The summed E-state index contributed by atoms with van der Waals surface area (Å²) in [6.45, 7) is 3.97. The van der Waals surface area contributed by atoms with E-state index in [2.05, 4.69) is 6.92 Å². The fourth-order valence-electron chi connectivity index (χ4n) is 0.951. The van der Waals surface area contributed by atoms with Gasteiger partial charge in [-0.3, -0.25) is 4.79 Å². The third kappa shape index (κ3) is 3.62. The number of aliphatic hydroxyl groups excluding tert-OH is 1. The molecular formula is C8H16O2. The second-order valence-corrected chi connectivity index (χ2v) is 2.63. The highest BCUT2D eigenvalue weighted by atomic mass is 16.3. The van der Waals surface area contributed by atoms with E-state index in [1.54, 1.807) is 0 Å². The van der Waals surface area contributed by atoms with Crippen molar-refractivity contribution in [2.24, 2.45) is 5.92 Å². The summed E-state index contributed by atoms with van der Waals surface area (Å²) in [7, 11) is 0. The molecule has 1 N–H and O–H groups in total. The minimum atomic E-state index is -0.00706. The minimum absolute atomic E-state index is 0.00706. The van der Waals surface area contributed by atoms with E-state index < -0.39 is 0 Å². The molecule has 0 radical (unpaired) electrons. The Morgan fingerprint density at radius 1 is 1.60 bits per heavy atom. The average molecular weight is 144 g/mol. The molecule has 0 amide bonds. The molecule has 2 heteroatoms. The van der Waals surface area contributed by atoms with Crippen LogP contribution in [0.1, 0.15) is 33.1 Å². The molecule has 0 aliphatic heterocycles. The SMILES string of the molecule is CCCC(C)C(=O)CCO. The zero-order valence-corrected chi connectivity index (χ0v) is 6.76. The molecule has 1 atom stereocenters. The molecule has 0 fully saturated rings. The molecule has 0 saturated heterocycles. The summed E-state index contributed by atoms with van der Waals surface area (Å²) in [6, 6.07) is 0. The highest BCUT2D eigenvalue weighted by Crippen LogP contribution is 2.07. The van der Waals surface area contributed by atoms with Crippen molar-refractivity contribution in [1.82, 2.24) is 0 Å². The van der Waals surface area contributed by atoms with Crippen LogP contribution in [0.5, 0.6) is 0 Å². The maximum absolute atomic E-state index is 11.0. The van der Waals surface area contributed by atoms with Gasteiger partial charge in [-0.25, -0.2) is 0 Å². The highest BCUT2D eigenvalue weighted by Gasteiger charge is 2.09. The van der Waals surface area contributed by atoms with Crippen LogP contribution in [0.4, 0.5) is 0 Å². The zero-order chi connectivity index (χ0) is 7.98. The van der Waals surface area contributed by atoms with Crippen LogP contribution in [0.25, 0.3) is 0 Å². The van der Waals surface area contributed by atoms with Gasteiger partial charge < -0.3 is 5.11 Å². The van der Waals surface area contributed by atoms with Gasteiger partial charge in [0.05, 0.1) is 0 Å². The summed E-state index contributed by atoms with van der Waals surface area (Å²) < 4.78 is 0. The lowest BCUT2D eigenvalue weighted by atomic mass is 9.99. The van der Waals surface area contributed by atoms with Crippen LogP contribution in [0.3, 0.4) is 0 Å². The van der Waals surface area contributed by atoms with Gasteiger partial charge in [-0.1, -0.05) is 20.3 Å². The zero-order valence-electron chi connectivity index (χ0n) is 6.76. The van der Waals surface area contributed by atoms with E-state index in [1.165, 1.54) is 0 Å². The Hall–Kier alpha value is -0.370. The molecule has 0 aliphatic rings. The maximum atomic E-state index is 11.0. The van der Waals surface area contributed by atoms with Crippen molar-refractivity contribution in [2.45, 2.75) is 33.1 Å². The van der Waals surface area contributed by atoms with Gasteiger partial charge in [-0.05, 0) is 6.42 Å². The van der Waals surface area contributed by atoms with Crippen molar-refractivity contribution >= 4 is 5.78 Å². The van der Waals surface area contributed by atoms with Gasteiger partial charge in [-0.2, -0.15) is 0 Å². The number of rotatable bonds is 5. The van der Waals surface area contributed by atoms with Crippen molar-refractivity contribution < 1.29 is 9.90 Å². The molecule has 0 aromatic carbocycles. The van der Waals surface area contributed by atoms with Crippen molar-refractivity contribution in [1.29, 1.82) is 0 Å². The Labute approximate surface area is 62.2 Å². The van der Waals surface area contributed by atoms with Crippen molar-refractivity contribution in [3.8, 4) is 0 Å². The van der Waals surface area contributed by atoms with Crippen LogP contribution in [-0.4, -0.2) is 17.5 Å².